The first-order valence-electron chi connectivity index (χ1n) is 4.82. The second kappa shape index (κ2) is 3.59. The Bertz CT molecular complexity index is 407. The Labute approximate surface area is 92.8 Å². The fourth-order valence-corrected chi connectivity index (χ4v) is 2.31. The number of rotatable bonds is 1. The fraction of sp³-hybridized carbons (Fsp3) is 0.364. The van der Waals surface area contributed by atoms with Crippen molar-refractivity contribution in [3.63, 3.8) is 0 Å². The number of benzene rings is 1. The van der Waals surface area contributed by atoms with E-state index in [1.165, 1.54) is 0 Å². The summed E-state index contributed by atoms with van der Waals surface area (Å²) in [5.41, 5.74) is 5.18. The van der Waals surface area contributed by atoms with Crippen LogP contribution in [0.2, 0.25) is 5.02 Å². The highest BCUT2D eigenvalue weighted by Crippen LogP contribution is 2.37. The number of aliphatic hydroxyl groups is 1. The maximum atomic E-state index is 11.7. The maximum absolute atomic E-state index is 11.7. The van der Waals surface area contributed by atoms with E-state index in [9.17, 15) is 9.90 Å². The smallest absolute Gasteiger partial charge is 0.160 e. The molecule has 80 valence electrons. The van der Waals surface area contributed by atoms with Crippen molar-refractivity contribution in [1.82, 2.24) is 0 Å². The monoisotopic (exact) mass is 225 g/mol. The summed E-state index contributed by atoms with van der Waals surface area (Å²) in [5.74, 6) is -0.150. The van der Waals surface area contributed by atoms with Crippen LogP contribution in [-0.4, -0.2) is 17.0 Å². The van der Waals surface area contributed by atoms with Crippen LogP contribution in [-0.2, 0) is 10.3 Å². The molecule has 0 unspecified atom stereocenters. The number of ketones is 1. The van der Waals surface area contributed by atoms with Crippen LogP contribution in [0.15, 0.2) is 24.3 Å². The zero-order valence-electron chi connectivity index (χ0n) is 8.11. The molecule has 4 heteroatoms. The van der Waals surface area contributed by atoms with Gasteiger partial charge in [-0.3, -0.25) is 4.79 Å². The van der Waals surface area contributed by atoms with Gasteiger partial charge in [-0.15, -0.1) is 0 Å². The van der Waals surface area contributed by atoms with Crippen molar-refractivity contribution in [3.8, 4) is 0 Å². The van der Waals surface area contributed by atoms with E-state index >= 15 is 0 Å². The SMILES string of the molecule is N[C@@]1(c2ccccc2Cl)C(=O)CC[C@@H]1O. The molecule has 1 aromatic rings. The van der Waals surface area contributed by atoms with E-state index in [2.05, 4.69) is 0 Å². The third kappa shape index (κ3) is 1.47. The molecule has 2 rings (SSSR count). The molecular formula is C11H12ClNO2. The average molecular weight is 226 g/mol. The van der Waals surface area contributed by atoms with Gasteiger partial charge in [0.25, 0.3) is 0 Å². The summed E-state index contributed by atoms with van der Waals surface area (Å²) in [6.45, 7) is 0. The van der Waals surface area contributed by atoms with Gasteiger partial charge in [0.1, 0.15) is 5.54 Å². The molecule has 0 aliphatic heterocycles. The molecule has 1 aliphatic carbocycles. The Morgan fingerprint density at radius 2 is 2.13 bits per heavy atom. The normalized spacial score (nSPS) is 30.9. The predicted molar refractivity (Wildman–Crippen MR) is 57.6 cm³/mol. The lowest BCUT2D eigenvalue weighted by molar-refractivity contribution is -0.123. The quantitative estimate of drug-likeness (QED) is 0.756. The highest BCUT2D eigenvalue weighted by Gasteiger charge is 2.48. The van der Waals surface area contributed by atoms with E-state index in [1.54, 1.807) is 24.3 Å². The van der Waals surface area contributed by atoms with Crippen LogP contribution in [0.3, 0.4) is 0 Å². The lowest BCUT2D eigenvalue weighted by Gasteiger charge is -2.27. The minimum Gasteiger partial charge on any atom is -0.390 e. The molecule has 0 bridgehead atoms. The zero-order chi connectivity index (χ0) is 11.1. The van der Waals surface area contributed by atoms with Crippen molar-refractivity contribution in [3.05, 3.63) is 34.9 Å². The van der Waals surface area contributed by atoms with Crippen LogP contribution in [0.25, 0.3) is 0 Å². The van der Waals surface area contributed by atoms with Gasteiger partial charge in [-0.05, 0) is 12.5 Å². The topological polar surface area (TPSA) is 63.3 Å². The van der Waals surface area contributed by atoms with E-state index in [4.69, 9.17) is 17.3 Å². The van der Waals surface area contributed by atoms with Gasteiger partial charge in [0.05, 0.1) is 6.10 Å². The van der Waals surface area contributed by atoms with E-state index < -0.39 is 11.6 Å². The van der Waals surface area contributed by atoms with Crippen LogP contribution in [0, 0.1) is 0 Å². The second-order valence-corrected chi connectivity index (χ2v) is 4.23. The maximum Gasteiger partial charge on any atom is 0.160 e. The zero-order valence-corrected chi connectivity index (χ0v) is 8.87. The number of aliphatic hydroxyl groups excluding tert-OH is 1. The average Bonchev–Trinajstić information content (AvgIpc) is 2.48. The molecule has 3 N–H and O–H groups in total. The molecule has 2 atom stereocenters. The third-order valence-electron chi connectivity index (χ3n) is 2.95. The standard InChI is InChI=1S/C11H12ClNO2/c12-8-4-2-1-3-7(8)11(13)9(14)5-6-10(11)15/h1-4,9,14H,5-6,13H2/t9-,11+/m0/s1. The summed E-state index contributed by atoms with van der Waals surface area (Å²) < 4.78 is 0. The van der Waals surface area contributed by atoms with Gasteiger partial charge < -0.3 is 10.8 Å². The fourth-order valence-electron chi connectivity index (χ4n) is 2.01. The third-order valence-corrected chi connectivity index (χ3v) is 3.28. The molecule has 1 aromatic carbocycles. The number of carbonyl (C=O) groups is 1. The predicted octanol–water partition coefficient (Wildman–Crippen LogP) is 1.22. The molecule has 0 saturated heterocycles. The molecule has 1 aliphatic rings. The van der Waals surface area contributed by atoms with Crippen LogP contribution < -0.4 is 5.73 Å². The molecule has 0 radical (unpaired) electrons. The molecule has 1 fully saturated rings. The molecular weight excluding hydrogens is 214 g/mol. The van der Waals surface area contributed by atoms with Crippen molar-refractivity contribution >= 4 is 17.4 Å². The van der Waals surface area contributed by atoms with Gasteiger partial charge >= 0.3 is 0 Å². The van der Waals surface area contributed by atoms with Crippen LogP contribution >= 0.6 is 11.6 Å². The summed E-state index contributed by atoms with van der Waals surface area (Å²) in [6, 6.07) is 6.88. The first-order valence-corrected chi connectivity index (χ1v) is 5.20. The van der Waals surface area contributed by atoms with Crippen molar-refractivity contribution < 1.29 is 9.90 Å². The number of hydrogen-bond donors (Lipinski definition) is 2. The van der Waals surface area contributed by atoms with E-state index in [0.717, 1.165) is 0 Å². The van der Waals surface area contributed by atoms with Gasteiger partial charge in [-0.25, -0.2) is 0 Å². The molecule has 3 nitrogen and oxygen atoms in total. The van der Waals surface area contributed by atoms with Gasteiger partial charge in [0, 0.05) is 17.0 Å². The van der Waals surface area contributed by atoms with Gasteiger partial charge in [-0.1, -0.05) is 29.8 Å². The van der Waals surface area contributed by atoms with E-state index in [-0.39, 0.29) is 5.78 Å². The Balaban J connectivity index is 2.54. The summed E-state index contributed by atoms with van der Waals surface area (Å²) in [6.07, 6.45) is -0.131. The van der Waals surface area contributed by atoms with E-state index in [0.29, 0.717) is 23.4 Å². The Kier molecular flexibility index (Phi) is 2.54. The van der Waals surface area contributed by atoms with Crippen molar-refractivity contribution in [2.24, 2.45) is 5.73 Å². The van der Waals surface area contributed by atoms with Gasteiger partial charge in [-0.2, -0.15) is 0 Å². The van der Waals surface area contributed by atoms with Crippen molar-refractivity contribution in [1.29, 1.82) is 0 Å². The highest BCUT2D eigenvalue weighted by molar-refractivity contribution is 6.31. The van der Waals surface area contributed by atoms with Crippen LogP contribution in [0.1, 0.15) is 18.4 Å². The highest BCUT2D eigenvalue weighted by atomic mass is 35.5. The molecule has 0 spiro atoms. The lowest BCUT2D eigenvalue weighted by atomic mass is 9.86. The van der Waals surface area contributed by atoms with Crippen LogP contribution in [0.5, 0.6) is 0 Å². The second-order valence-electron chi connectivity index (χ2n) is 3.83. The Morgan fingerprint density at radius 3 is 2.67 bits per heavy atom. The minimum atomic E-state index is -1.32. The number of carbonyl (C=O) groups excluding carboxylic acids is 1. The van der Waals surface area contributed by atoms with Crippen molar-refractivity contribution in [2.45, 2.75) is 24.5 Å². The molecule has 0 aromatic heterocycles. The Hall–Kier alpha value is -0.900. The summed E-state index contributed by atoms with van der Waals surface area (Å²) >= 11 is 5.98. The number of nitrogens with two attached hydrogens (primary N) is 1. The van der Waals surface area contributed by atoms with Gasteiger partial charge in [0.15, 0.2) is 5.78 Å². The molecule has 0 amide bonds. The Morgan fingerprint density at radius 1 is 1.47 bits per heavy atom. The van der Waals surface area contributed by atoms with Crippen LogP contribution in [0.4, 0.5) is 0 Å². The first kappa shape index (κ1) is 10.6. The summed E-state index contributed by atoms with van der Waals surface area (Å²) in [4.78, 5) is 11.7. The number of Topliss-reactive ketones (excluding diaryl/α,β-unsaturated/α-hetero) is 1. The van der Waals surface area contributed by atoms with E-state index in [1.807, 2.05) is 0 Å². The largest absolute Gasteiger partial charge is 0.390 e. The minimum absolute atomic E-state index is 0.150. The molecule has 0 heterocycles. The lowest BCUT2D eigenvalue weighted by Crippen LogP contribution is -2.49. The number of halogens is 1. The number of hydrogen-bond acceptors (Lipinski definition) is 3. The summed E-state index contributed by atoms with van der Waals surface area (Å²) in [5, 5.41) is 10.2. The summed E-state index contributed by atoms with van der Waals surface area (Å²) in [7, 11) is 0. The molecule has 1 saturated carbocycles. The van der Waals surface area contributed by atoms with Gasteiger partial charge in [0.2, 0.25) is 0 Å². The van der Waals surface area contributed by atoms with Crippen molar-refractivity contribution in [2.75, 3.05) is 0 Å². The molecule has 15 heavy (non-hydrogen) atoms. The first-order chi connectivity index (χ1) is 7.06.